The lowest BCUT2D eigenvalue weighted by Gasteiger charge is -2.34. The highest BCUT2D eigenvalue weighted by atomic mass is 16.3. The molecule has 0 aromatic carbocycles. The predicted octanol–water partition coefficient (Wildman–Crippen LogP) is 0.894. The van der Waals surface area contributed by atoms with Crippen LogP contribution in [0.25, 0.3) is 0 Å². The van der Waals surface area contributed by atoms with Crippen molar-refractivity contribution in [2.45, 2.75) is 32.4 Å². The van der Waals surface area contributed by atoms with E-state index in [2.05, 4.69) is 21.5 Å². The molecule has 2 rings (SSSR count). The van der Waals surface area contributed by atoms with Gasteiger partial charge in [-0.2, -0.15) is 0 Å². The number of imidazole rings is 1. The molecule has 0 atom stereocenters. The van der Waals surface area contributed by atoms with E-state index in [-0.39, 0.29) is 6.10 Å². The van der Waals surface area contributed by atoms with Crippen LogP contribution in [0.1, 0.15) is 18.7 Å². The third-order valence-electron chi connectivity index (χ3n) is 3.43. The van der Waals surface area contributed by atoms with Gasteiger partial charge in [-0.1, -0.05) is 0 Å². The van der Waals surface area contributed by atoms with Gasteiger partial charge in [0.05, 0.1) is 6.10 Å². The van der Waals surface area contributed by atoms with Gasteiger partial charge in [-0.05, 0) is 32.7 Å². The molecule has 1 aliphatic rings. The van der Waals surface area contributed by atoms with Gasteiger partial charge < -0.3 is 14.6 Å². The van der Waals surface area contributed by atoms with Gasteiger partial charge in [0.15, 0.2) is 0 Å². The number of nitrogens with zero attached hydrogens (tertiary/aromatic N) is 3. The molecule has 1 saturated carbocycles. The molecule has 1 aromatic rings. The highest BCUT2D eigenvalue weighted by Crippen LogP contribution is 2.27. The van der Waals surface area contributed by atoms with Crippen molar-refractivity contribution in [1.82, 2.24) is 14.5 Å². The molecule has 1 N–H and O–H groups in total. The molecule has 0 aliphatic heterocycles. The molecule has 1 fully saturated rings. The second kappa shape index (κ2) is 4.97. The fourth-order valence-corrected chi connectivity index (χ4v) is 2.30. The third-order valence-corrected chi connectivity index (χ3v) is 3.43. The molecule has 0 amide bonds. The Hall–Kier alpha value is -0.870. The highest BCUT2D eigenvalue weighted by molar-refractivity contribution is 4.88. The van der Waals surface area contributed by atoms with Crippen LogP contribution in [0, 0.1) is 12.8 Å². The molecule has 4 heteroatoms. The molecule has 0 spiro atoms. The van der Waals surface area contributed by atoms with Crippen molar-refractivity contribution in [1.29, 1.82) is 0 Å². The van der Waals surface area contributed by atoms with Crippen molar-refractivity contribution in [3.63, 3.8) is 0 Å². The Labute approximate surface area is 96.9 Å². The first-order chi connectivity index (χ1) is 7.65. The SMILES string of the molecule is Cc1nccn1CCN(C)CC1CC(O)C1. The van der Waals surface area contributed by atoms with Crippen LogP contribution in [-0.4, -0.2) is 45.8 Å². The summed E-state index contributed by atoms with van der Waals surface area (Å²) in [6, 6.07) is 0. The standard InChI is InChI=1S/C12H21N3O/c1-10-13-3-4-15(10)6-5-14(2)9-11-7-12(16)8-11/h3-4,11-12,16H,5-9H2,1-2H3. The lowest BCUT2D eigenvalue weighted by molar-refractivity contribution is 0.0280. The summed E-state index contributed by atoms with van der Waals surface area (Å²) in [5, 5.41) is 9.22. The topological polar surface area (TPSA) is 41.3 Å². The van der Waals surface area contributed by atoms with Crippen molar-refractivity contribution in [3.8, 4) is 0 Å². The minimum absolute atomic E-state index is 0.0331. The lowest BCUT2D eigenvalue weighted by Crippen LogP contribution is -2.38. The number of hydrogen-bond donors (Lipinski definition) is 1. The van der Waals surface area contributed by atoms with E-state index in [9.17, 15) is 5.11 Å². The normalized spacial score (nSPS) is 24.8. The second-order valence-corrected chi connectivity index (χ2v) is 4.92. The van der Waals surface area contributed by atoms with Gasteiger partial charge in [0.1, 0.15) is 5.82 Å². The molecule has 0 saturated heterocycles. The number of aliphatic hydroxyl groups excluding tert-OH is 1. The van der Waals surface area contributed by atoms with Crippen LogP contribution in [0.15, 0.2) is 12.4 Å². The fourth-order valence-electron chi connectivity index (χ4n) is 2.30. The summed E-state index contributed by atoms with van der Waals surface area (Å²) in [7, 11) is 2.15. The first kappa shape index (κ1) is 11.6. The Kier molecular flexibility index (Phi) is 3.61. The molecule has 1 aromatic heterocycles. The van der Waals surface area contributed by atoms with Gasteiger partial charge in [-0.15, -0.1) is 0 Å². The van der Waals surface area contributed by atoms with E-state index in [0.29, 0.717) is 5.92 Å². The Balaban J connectivity index is 1.68. The monoisotopic (exact) mass is 223 g/mol. The predicted molar refractivity (Wildman–Crippen MR) is 63.2 cm³/mol. The van der Waals surface area contributed by atoms with Gasteiger partial charge in [0, 0.05) is 32.0 Å². The average molecular weight is 223 g/mol. The Bertz CT molecular complexity index is 331. The summed E-state index contributed by atoms with van der Waals surface area (Å²) in [5.74, 6) is 1.77. The van der Waals surface area contributed by atoms with Gasteiger partial charge in [-0.25, -0.2) is 4.98 Å². The van der Waals surface area contributed by atoms with E-state index in [1.807, 2.05) is 19.3 Å². The van der Waals surface area contributed by atoms with Gasteiger partial charge in [-0.3, -0.25) is 0 Å². The summed E-state index contributed by atoms with van der Waals surface area (Å²) < 4.78 is 2.17. The zero-order valence-corrected chi connectivity index (χ0v) is 10.1. The van der Waals surface area contributed by atoms with E-state index in [0.717, 1.165) is 38.3 Å². The number of aliphatic hydroxyl groups is 1. The highest BCUT2D eigenvalue weighted by Gasteiger charge is 2.27. The maximum absolute atomic E-state index is 9.22. The van der Waals surface area contributed by atoms with Crippen LogP contribution in [0.5, 0.6) is 0 Å². The quantitative estimate of drug-likeness (QED) is 0.806. The van der Waals surface area contributed by atoms with Crippen LogP contribution in [0.2, 0.25) is 0 Å². The van der Waals surface area contributed by atoms with Crippen molar-refractivity contribution in [3.05, 3.63) is 18.2 Å². The Morgan fingerprint density at radius 3 is 2.88 bits per heavy atom. The minimum atomic E-state index is -0.0331. The van der Waals surface area contributed by atoms with Crippen LogP contribution in [-0.2, 0) is 6.54 Å². The second-order valence-electron chi connectivity index (χ2n) is 4.92. The average Bonchev–Trinajstić information content (AvgIpc) is 2.59. The zero-order valence-electron chi connectivity index (χ0n) is 10.1. The molecule has 0 radical (unpaired) electrons. The lowest BCUT2D eigenvalue weighted by atomic mass is 9.82. The van der Waals surface area contributed by atoms with E-state index in [1.165, 1.54) is 0 Å². The zero-order chi connectivity index (χ0) is 11.5. The first-order valence-electron chi connectivity index (χ1n) is 5.99. The molecular weight excluding hydrogens is 202 g/mol. The van der Waals surface area contributed by atoms with Crippen molar-refractivity contribution in [2.24, 2.45) is 5.92 Å². The summed E-state index contributed by atoms with van der Waals surface area (Å²) in [4.78, 5) is 6.55. The van der Waals surface area contributed by atoms with Gasteiger partial charge in [0.2, 0.25) is 0 Å². The Morgan fingerprint density at radius 2 is 2.31 bits per heavy atom. The Morgan fingerprint density at radius 1 is 1.56 bits per heavy atom. The van der Waals surface area contributed by atoms with E-state index in [4.69, 9.17) is 0 Å². The van der Waals surface area contributed by atoms with E-state index >= 15 is 0 Å². The van der Waals surface area contributed by atoms with Crippen LogP contribution in [0.4, 0.5) is 0 Å². The van der Waals surface area contributed by atoms with Gasteiger partial charge in [0.25, 0.3) is 0 Å². The number of likely N-dealkylation sites (N-methyl/N-ethyl adjacent to an activating group) is 1. The molecule has 0 bridgehead atoms. The molecule has 0 unspecified atom stereocenters. The van der Waals surface area contributed by atoms with Crippen molar-refractivity contribution in [2.75, 3.05) is 20.1 Å². The number of aromatic nitrogens is 2. The maximum Gasteiger partial charge on any atom is 0.105 e. The van der Waals surface area contributed by atoms with E-state index < -0.39 is 0 Å². The van der Waals surface area contributed by atoms with Crippen molar-refractivity contribution < 1.29 is 5.11 Å². The molecule has 90 valence electrons. The van der Waals surface area contributed by atoms with Crippen LogP contribution >= 0.6 is 0 Å². The van der Waals surface area contributed by atoms with Gasteiger partial charge >= 0.3 is 0 Å². The number of rotatable bonds is 5. The summed E-state index contributed by atoms with van der Waals surface area (Å²) in [6.07, 6.45) is 5.80. The molecular formula is C12H21N3O. The van der Waals surface area contributed by atoms with E-state index in [1.54, 1.807) is 0 Å². The summed E-state index contributed by atoms with van der Waals surface area (Å²) in [5.41, 5.74) is 0. The summed E-state index contributed by atoms with van der Waals surface area (Å²) in [6.45, 7) is 5.18. The fraction of sp³-hybridized carbons (Fsp3) is 0.750. The largest absolute Gasteiger partial charge is 0.393 e. The molecule has 1 heterocycles. The van der Waals surface area contributed by atoms with Crippen LogP contribution in [0.3, 0.4) is 0 Å². The minimum Gasteiger partial charge on any atom is -0.393 e. The number of hydrogen-bond acceptors (Lipinski definition) is 3. The number of aryl methyl sites for hydroxylation is 1. The van der Waals surface area contributed by atoms with Crippen LogP contribution < -0.4 is 0 Å². The van der Waals surface area contributed by atoms with Crippen molar-refractivity contribution >= 4 is 0 Å². The maximum atomic E-state index is 9.22. The third kappa shape index (κ3) is 2.83. The molecule has 1 aliphatic carbocycles. The molecule has 16 heavy (non-hydrogen) atoms. The first-order valence-corrected chi connectivity index (χ1v) is 5.99. The smallest absolute Gasteiger partial charge is 0.105 e. The summed E-state index contributed by atoms with van der Waals surface area (Å²) >= 11 is 0. The molecule has 4 nitrogen and oxygen atoms in total.